The molecular formula is C13H19N3S. The lowest BCUT2D eigenvalue weighted by Crippen LogP contribution is -2.21. The van der Waals surface area contributed by atoms with E-state index in [1.165, 1.54) is 10.4 Å². The van der Waals surface area contributed by atoms with Crippen LogP contribution in [0.25, 0.3) is 0 Å². The molecule has 1 N–H and O–H groups in total. The largest absolute Gasteiger partial charge is 0.337 e. The van der Waals surface area contributed by atoms with Gasteiger partial charge in [-0.05, 0) is 30.4 Å². The Bertz CT molecular complexity index is 472. The SMILES string of the molecule is CCc1ccsc1CNC(C)c1nccn1C. The molecule has 1 atom stereocenters. The Morgan fingerprint density at radius 2 is 2.35 bits per heavy atom. The standard InChI is InChI=1S/C13H19N3S/c1-4-11-5-8-17-12(11)9-15-10(2)13-14-6-7-16(13)3/h5-8,10,15H,4,9H2,1-3H3. The molecule has 2 aromatic heterocycles. The lowest BCUT2D eigenvalue weighted by Gasteiger charge is -2.13. The Hall–Kier alpha value is -1.13. The number of imidazole rings is 1. The molecule has 2 aromatic rings. The molecule has 0 radical (unpaired) electrons. The molecule has 2 rings (SSSR count). The second-order valence-corrected chi connectivity index (χ2v) is 5.22. The predicted molar refractivity (Wildman–Crippen MR) is 72.2 cm³/mol. The molecule has 17 heavy (non-hydrogen) atoms. The average molecular weight is 249 g/mol. The van der Waals surface area contributed by atoms with E-state index in [9.17, 15) is 0 Å². The van der Waals surface area contributed by atoms with Gasteiger partial charge in [-0.3, -0.25) is 0 Å². The van der Waals surface area contributed by atoms with E-state index < -0.39 is 0 Å². The topological polar surface area (TPSA) is 29.9 Å². The van der Waals surface area contributed by atoms with E-state index >= 15 is 0 Å². The van der Waals surface area contributed by atoms with E-state index in [0.717, 1.165) is 18.8 Å². The highest BCUT2D eigenvalue weighted by atomic mass is 32.1. The van der Waals surface area contributed by atoms with Crippen molar-refractivity contribution in [2.45, 2.75) is 32.9 Å². The quantitative estimate of drug-likeness (QED) is 0.883. The van der Waals surface area contributed by atoms with Crippen molar-refractivity contribution in [2.75, 3.05) is 0 Å². The summed E-state index contributed by atoms with van der Waals surface area (Å²) in [5, 5.41) is 5.70. The predicted octanol–water partition coefficient (Wildman–Crippen LogP) is 2.89. The molecule has 1 unspecified atom stereocenters. The monoisotopic (exact) mass is 249 g/mol. The summed E-state index contributed by atoms with van der Waals surface area (Å²) in [6.45, 7) is 5.28. The fourth-order valence-electron chi connectivity index (χ4n) is 1.97. The second kappa shape index (κ2) is 5.47. The molecule has 2 heterocycles. The zero-order chi connectivity index (χ0) is 12.3. The minimum atomic E-state index is 0.279. The third-order valence-corrected chi connectivity index (χ3v) is 4.00. The summed E-state index contributed by atoms with van der Waals surface area (Å²) >= 11 is 1.83. The van der Waals surface area contributed by atoms with Crippen molar-refractivity contribution in [3.63, 3.8) is 0 Å². The Kier molecular flexibility index (Phi) is 3.97. The van der Waals surface area contributed by atoms with E-state index in [1.54, 1.807) is 0 Å². The summed E-state index contributed by atoms with van der Waals surface area (Å²) in [7, 11) is 2.03. The van der Waals surface area contributed by atoms with Crippen molar-refractivity contribution in [1.82, 2.24) is 14.9 Å². The van der Waals surface area contributed by atoms with Gasteiger partial charge in [0.2, 0.25) is 0 Å². The normalized spacial score (nSPS) is 12.9. The molecule has 4 heteroatoms. The summed E-state index contributed by atoms with van der Waals surface area (Å²) in [5.74, 6) is 1.08. The molecule has 0 aliphatic rings. The molecule has 3 nitrogen and oxygen atoms in total. The minimum Gasteiger partial charge on any atom is -0.337 e. The van der Waals surface area contributed by atoms with Gasteiger partial charge in [-0.15, -0.1) is 11.3 Å². The minimum absolute atomic E-state index is 0.279. The molecule has 0 amide bonds. The van der Waals surface area contributed by atoms with Gasteiger partial charge in [0.15, 0.2) is 0 Å². The molecule has 0 fully saturated rings. The summed E-state index contributed by atoms with van der Waals surface area (Å²) < 4.78 is 2.06. The van der Waals surface area contributed by atoms with Gasteiger partial charge in [0.25, 0.3) is 0 Å². The van der Waals surface area contributed by atoms with Gasteiger partial charge >= 0.3 is 0 Å². The van der Waals surface area contributed by atoms with Gasteiger partial charge in [0, 0.05) is 30.9 Å². The zero-order valence-electron chi connectivity index (χ0n) is 10.6. The fourth-order valence-corrected chi connectivity index (χ4v) is 2.90. The lowest BCUT2D eigenvalue weighted by atomic mass is 10.2. The van der Waals surface area contributed by atoms with Crippen LogP contribution in [0.2, 0.25) is 0 Å². The molecule has 92 valence electrons. The van der Waals surface area contributed by atoms with Gasteiger partial charge in [-0.25, -0.2) is 4.98 Å². The van der Waals surface area contributed by atoms with Crippen LogP contribution in [0.1, 0.15) is 36.2 Å². The van der Waals surface area contributed by atoms with E-state index in [4.69, 9.17) is 0 Å². The maximum Gasteiger partial charge on any atom is 0.125 e. The van der Waals surface area contributed by atoms with E-state index in [0.29, 0.717) is 0 Å². The summed E-state index contributed by atoms with van der Waals surface area (Å²) in [6.07, 6.45) is 4.93. The number of aromatic nitrogens is 2. The van der Waals surface area contributed by atoms with Crippen LogP contribution in [0.5, 0.6) is 0 Å². The number of rotatable bonds is 5. The maximum absolute atomic E-state index is 4.36. The highest BCUT2D eigenvalue weighted by Gasteiger charge is 2.10. The number of thiophene rings is 1. The molecule has 0 saturated carbocycles. The van der Waals surface area contributed by atoms with Gasteiger partial charge in [-0.2, -0.15) is 0 Å². The van der Waals surface area contributed by atoms with Crippen molar-refractivity contribution in [2.24, 2.45) is 7.05 Å². The van der Waals surface area contributed by atoms with Crippen LogP contribution in [0, 0.1) is 0 Å². The van der Waals surface area contributed by atoms with E-state index in [2.05, 4.69) is 40.2 Å². The number of hydrogen-bond acceptors (Lipinski definition) is 3. The fraction of sp³-hybridized carbons (Fsp3) is 0.462. The van der Waals surface area contributed by atoms with Crippen molar-refractivity contribution in [3.8, 4) is 0 Å². The number of nitrogens with one attached hydrogen (secondary N) is 1. The molecule has 0 bridgehead atoms. The van der Waals surface area contributed by atoms with Crippen LogP contribution >= 0.6 is 11.3 Å². The summed E-state index contributed by atoms with van der Waals surface area (Å²) in [4.78, 5) is 5.80. The Morgan fingerprint density at radius 1 is 1.53 bits per heavy atom. The smallest absolute Gasteiger partial charge is 0.125 e. The molecule has 0 aromatic carbocycles. The van der Waals surface area contributed by atoms with Gasteiger partial charge in [0.05, 0.1) is 6.04 Å². The molecular weight excluding hydrogens is 230 g/mol. The first-order chi connectivity index (χ1) is 8.22. The highest BCUT2D eigenvalue weighted by molar-refractivity contribution is 7.10. The van der Waals surface area contributed by atoms with Crippen LogP contribution in [0.3, 0.4) is 0 Å². The van der Waals surface area contributed by atoms with E-state index in [1.807, 2.05) is 30.8 Å². The van der Waals surface area contributed by atoms with Crippen molar-refractivity contribution in [1.29, 1.82) is 0 Å². The van der Waals surface area contributed by atoms with Gasteiger partial charge < -0.3 is 9.88 Å². The van der Waals surface area contributed by atoms with Crippen LogP contribution in [0.4, 0.5) is 0 Å². The Labute approximate surface area is 107 Å². The highest BCUT2D eigenvalue weighted by Crippen LogP contribution is 2.18. The molecule has 0 spiro atoms. The lowest BCUT2D eigenvalue weighted by molar-refractivity contribution is 0.532. The third kappa shape index (κ3) is 2.76. The summed E-state index contributed by atoms with van der Waals surface area (Å²) in [5.41, 5.74) is 1.45. The van der Waals surface area contributed by atoms with Crippen LogP contribution in [-0.4, -0.2) is 9.55 Å². The first-order valence-electron chi connectivity index (χ1n) is 5.98. The Balaban J connectivity index is 1.97. The molecule has 0 aliphatic carbocycles. The van der Waals surface area contributed by atoms with Crippen molar-refractivity contribution >= 4 is 11.3 Å². The number of nitrogens with zero attached hydrogens (tertiary/aromatic N) is 2. The summed E-state index contributed by atoms with van der Waals surface area (Å²) in [6, 6.07) is 2.49. The van der Waals surface area contributed by atoms with Crippen LogP contribution in [-0.2, 0) is 20.0 Å². The maximum atomic E-state index is 4.36. The van der Waals surface area contributed by atoms with Crippen LogP contribution < -0.4 is 5.32 Å². The number of aryl methyl sites for hydroxylation is 2. The second-order valence-electron chi connectivity index (χ2n) is 4.22. The third-order valence-electron chi connectivity index (χ3n) is 3.03. The first kappa shape index (κ1) is 12.3. The zero-order valence-corrected chi connectivity index (χ0v) is 11.4. The van der Waals surface area contributed by atoms with Gasteiger partial charge in [-0.1, -0.05) is 6.92 Å². The van der Waals surface area contributed by atoms with Crippen molar-refractivity contribution < 1.29 is 0 Å². The van der Waals surface area contributed by atoms with Crippen molar-refractivity contribution in [3.05, 3.63) is 40.1 Å². The molecule has 0 saturated heterocycles. The average Bonchev–Trinajstić information content (AvgIpc) is 2.94. The van der Waals surface area contributed by atoms with E-state index in [-0.39, 0.29) is 6.04 Å². The molecule has 0 aliphatic heterocycles. The Morgan fingerprint density at radius 3 is 3.00 bits per heavy atom. The number of hydrogen-bond donors (Lipinski definition) is 1. The first-order valence-corrected chi connectivity index (χ1v) is 6.86. The van der Waals surface area contributed by atoms with Gasteiger partial charge in [0.1, 0.15) is 5.82 Å². The van der Waals surface area contributed by atoms with Crippen LogP contribution in [0.15, 0.2) is 23.8 Å².